The molecule has 1 saturated carbocycles. The summed E-state index contributed by atoms with van der Waals surface area (Å²) in [5.41, 5.74) is 0.243. The Labute approximate surface area is 185 Å². The van der Waals surface area contributed by atoms with Crippen molar-refractivity contribution < 1.29 is 28.6 Å². The van der Waals surface area contributed by atoms with E-state index in [4.69, 9.17) is 14.2 Å². The van der Waals surface area contributed by atoms with E-state index in [2.05, 4.69) is 5.32 Å². The SMILES string of the molecule is CC1Oc2ccccc2OC1C(=O)OCC(=O)N1c2ccccc2NC(=O)C12CCCC2. The number of anilines is 2. The van der Waals surface area contributed by atoms with Crippen molar-refractivity contribution in [3.05, 3.63) is 48.5 Å². The first-order valence-electron chi connectivity index (χ1n) is 10.8. The number of nitrogens with zero attached hydrogens (tertiary/aromatic N) is 1. The Morgan fingerprint density at radius 3 is 2.47 bits per heavy atom. The molecule has 2 atom stereocenters. The van der Waals surface area contributed by atoms with Crippen molar-refractivity contribution >= 4 is 29.2 Å². The Kier molecular flexibility index (Phi) is 5.00. The van der Waals surface area contributed by atoms with Crippen LogP contribution in [0.1, 0.15) is 32.6 Å². The quantitative estimate of drug-likeness (QED) is 0.744. The van der Waals surface area contributed by atoms with E-state index in [0.29, 0.717) is 35.7 Å². The highest BCUT2D eigenvalue weighted by Gasteiger charge is 2.52. The van der Waals surface area contributed by atoms with Gasteiger partial charge in [-0.25, -0.2) is 4.79 Å². The maximum Gasteiger partial charge on any atom is 0.351 e. The molecule has 166 valence electrons. The number of carbonyl (C=O) groups is 3. The van der Waals surface area contributed by atoms with E-state index < -0.39 is 36.2 Å². The van der Waals surface area contributed by atoms with Gasteiger partial charge in [-0.1, -0.05) is 37.1 Å². The maximum absolute atomic E-state index is 13.3. The zero-order valence-corrected chi connectivity index (χ0v) is 17.7. The molecule has 8 heteroatoms. The second-order valence-corrected chi connectivity index (χ2v) is 8.35. The van der Waals surface area contributed by atoms with Gasteiger partial charge >= 0.3 is 5.97 Å². The minimum Gasteiger partial charge on any atom is -0.482 e. The molecule has 1 fully saturated rings. The number of benzene rings is 2. The van der Waals surface area contributed by atoms with E-state index in [0.717, 1.165) is 12.8 Å². The molecule has 2 aromatic rings. The molecule has 0 saturated heterocycles. The lowest BCUT2D eigenvalue weighted by molar-refractivity contribution is -0.160. The van der Waals surface area contributed by atoms with E-state index >= 15 is 0 Å². The molecular formula is C24H24N2O6. The largest absolute Gasteiger partial charge is 0.482 e. The fraction of sp³-hybridized carbons (Fsp3) is 0.375. The van der Waals surface area contributed by atoms with Crippen molar-refractivity contribution in [3.63, 3.8) is 0 Å². The monoisotopic (exact) mass is 436 g/mol. The highest BCUT2D eigenvalue weighted by atomic mass is 16.6. The zero-order chi connectivity index (χ0) is 22.3. The molecule has 0 aromatic heterocycles. The van der Waals surface area contributed by atoms with E-state index in [1.807, 2.05) is 12.1 Å². The molecule has 2 heterocycles. The fourth-order valence-corrected chi connectivity index (χ4v) is 4.79. The summed E-state index contributed by atoms with van der Waals surface area (Å²) >= 11 is 0. The molecule has 1 aliphatic carbocycles. The van der Waals surface area contributed by atoms with E-state index in [1.54, 1.807) is 43.3 Å². The molecule has 2 unspecified atom stereocenters. The van der Waals surface area contributed by atoms with Gasteiger partial charge in [0.05, 0.1) is 11.4 Å². The molecule has 5 rings (SSSR count). The van der Waals surface area contributed by atoms with Gasteiger partial charge in [0.2, 0.25) is 6.10 Å². The molecule has 0 radical (unpaired) electrons. The number of carbonyl (C=O) groups excluding carboxylic acids is 3. The first-order valence-corrected chi connectivity index (χ1v) is 10.8. The number of esters is 1. The zero-order valence-electron chi connectivity index (χ0n) is 17.7. The smallest absolute Gasteiger partial charge is 0.351 e. The van der Waals surface area contributed by atoms with Crippen LogP contribution in [0.25, 0.3) is 0 Å². The lowest BCUT2D eigenvalue weighted by atomic mass is 9.90. The Balaban J connectivity index is 1.34. The van der Waals surface area contributed by atoms with Gasteiger partial charge in [-0.05, 0) is 44.0 Å². The summed E-state index contributed by atoms with van der Waals surface area (Å²) in [4.78, 5) is 40.6. The van der Waals surface area contributed by atoms with Crippen molar-refractivity contribution in [1.29, 1.82) is 0 Å². The van der Waals surface area contributed by atoms with Crippen LogP contribution in [0.5, 0.6) is 11.5 Å². The highest BCUT2D eigenvalue weighted by Crippen LogP contribution is 2.45. The average molecular weight is 436 g/mol. The van der Waals surface area contributed by atoms with Crippen molar-refractivity contribution in [2.24, 2.45) is 0 Å². The molecule has 2 amide bonds. The van der Waals surface area contributed by atoms with Crippen LogP contribution in [-0.2, 0) is 19.1 Å². The second kappa shape index (κ2) is 7.85. The minimum atomic E-state index is -0.991. The summed E-state index contributed by atoms with van der Waals surface area (Å²) in [5, 5.41) is 2.93. The number of rotatable bonds is 3. The van der Waals surface area contributed by atoms with Crippen LogP contribution in [0.3, 0.4) is 0 Å². The lowest BCUT2D eigenvalue weighted by Crippen LogP contribution is -2.61. The Morgan fingerprint density at radius 2 is 1.72 bits per heavy atom. The first-order chi connectivity index (χ1) is 15.5. The summed E-state index contributed by atoms with van der Waals surface area (Å²) in [7, 11) is 0. The topological polar surface area (TPSA) is 94.2 Å². The molecule has 2 aromatic carbocycles. The van der Waals surface area contributed by atoms with Gasteiger partial charge in [0.1, 0.15) is 11.6 Å². The molecule has 3 aliphatic rings. The summed E-state index contributed by atoms with van der Waals surface area (Å²) in [6.45, 7) is 1.22. The summed E-state index contributed by atoms with van der Waals surface area (Å²) < 4.78 is 16.9. The highest BCUT2D eigenvalue weighted by molar-refractivity contribution is 6.15. The molecule has 1 N–H and O–H groups in total. The average Bonchev–Trinajstić information content (AvgIpc) is 3.28. The molecule has 32 heavy (non-hydrogen) atoms. The molecule has 8 nitrogen and oxygen atoms in total. The Hall–Kier alpha value is -3.55. The fourth-order valence-electron chi connectivity index (χ4n) is 4.79. The lowest BCUT2D eigenvalue weighted by Gasteiger charge is -2.44. The number of amides is 2. The van der Waals surface area contributed by atoms with Gasteiger partial charge < -0.3 is 19.5 Å². The standard InChI is InChI=1S/C24H24N2O6/c1-15-21(32-19-11-5-4-10-18(19)31-15)22(28)30-14-20(27)26-17-9-3-2-8-16(17)25-23(29)24(26)12-6-7-13-24/h2-5,8-11,15,21H,6-7,12-14H2,1H3,(H,25,29). The molecule has 0 bridgehead atoms. The molecule has 1 spiro atoms. The third-order valence-corrected chi connectivity index (χ3v) is 6.34. The molecular weight excluding hydrogens is 412 g/mol. The van der Waals surface area contributed by atoms with Gasteiger partial charge in [-0.3, -0.25) is 14.5 Å². The van der Waals surface area contributed by atoms with Crippen LogP contribution in [0.2, 0.25) is 0 Å². The van der Waals surface area contributed by atoms with E-state index in [9.17, 15) is 14.4 Å². The van der Waals surface area contributed by atoms with Gasteiger partial charge in [0.15, 0.2) is 18.1 Å². The Morgan fingerprint density at radius 1 is 1.06 bits per heavy atom. The summed E-state index contributed by atoms with van der Waals surface area (Å²) in [6.07, 6.45) is 1.28. The van der Waals surface area contributed by atoms with Gasteiger partial charge in [-0.2, -0.15) is 0 Å². The van der Waals surface area contributed by atoms with Crippen molar-refractivity contribution in [1.82, 2.24) is 0 Å². The summed E-state index contributed by atoms with van der Waals surface area (Å²) in [6, 6.07) is 14.2. The number of fused-ring (bicyclic) bond motifs is 2. The normalized spacial score (nSPS) is 22.8. The van der Waals surface area contributed by atoms with Gasteiger partial charge in [0, 0.05) is 0 Å². The predicted octanol–water partition coefficient (Wildman–Crippen LogP) is 3.06. The van der Waals surface area contributed by atoms with Crippen LogP contribution in [-0.4, -0.2) is 42.1 Å². The number of hydrogen-bond donors (Lipinski definition) is 1. The third-order valence-electron chi connectivity index (χ3n) is 6.34. The number of nitrogens with one attached hydrogen (secondary N) is 1. The van der Waals surface area contributed by atoms with E-state index in [-0.39, 0.29) is 5.91 Å². The van der Waals surface area contributed by atoms with Crippen LogP contribution < -0.4 is 19.7 Å². The van der Waals surface area contributed by atoms with Crippen LogP contribution in [0.4, 0.5) is 11.4 Å². The van der Waals surface area contributed by atoms with Crippen LogP contribution in [0.15, 0.2) is 48.5 Å². The van der Waals surface area contributed by atoms with Crippen molar-refractivity contribution in [2.75, 3.05) is 16.8 Å². The Bertz CT molecular complexity index is 1080. The third kappa shape index (κ3) is 3.26. The predicted molar refractivity (Wildman–Crippen MR) is 116 cm³/mol. The number of para-hydroxylation sites is 4. The number of ether oxygens (including phenoxy) is 3. The minimum absolute atomic E-state index is 0.192. The van der Waals surface area contributed by atoms with Crippen molar-refractivity contribution in [2.45, 2.75) is 50.4 Å². The second-order valence-electron chi connectivity index (χ2n) is 8.35. The maximum atomic E-state index is 13.3. The molecule has 2 aliphatic heterocycles. The van der Waals surface area contributed by atoms with Crippen LogP contribution >= 0.6 is 0 Å². The van der Waals surface area contributed by atoms with Gasteiger partial charge in [-0.15, -0.1) is 0 Å². The van der Waals surface area contributed by atoms with Crippen LogP contribution in [0, 0.1) is 0 Å². The van der Waals surface area contributed by atoms with Crippen molar-refractivity contribution in [3.8, 4) is 11.5 Å². The number of hydrogen-bond acceptors (Lipinski definition) is 6. The van der Waals surface area contributed by atoms with E-state index in [1.165, 1.54) is 4.90 Å². The first kappa shape index (κ1) is 20.4. The summed E-state index contributed by atoms with van der Waals surface area (Å²) in [5.74, 6) is -0.310. The van der Waals surface area contributed by atoms with Gasteiger partial charge in [0.25, 0.3) is 11.8 Å².